The number of carbonyl (C=O) groups is 8. The third-order valence-electron chi connectivity index (χ3n) is 14.1. The van der Waals surface area contributed by atoms with E-state index in [4.69, 9.17) is 29.9 Å². The van der Waals surface area contributed by atoms with E-state index in [2.05, 4.69) is 51.5 Å². The predicted octanol–water partition coefficient (Wildman–Crippen LogP) is 2.10. The molecule has 0 aromatic rings. The fourth-order valence-electron chi connectivity index (χ4n) is 8.88. The summed E-state index contributed by atoms with van der Waals surface area (Å²) in [6, 6.07) is 0. The summed E-state index contributed by atoms with van der Waals surface area (Å²) in [7, 11) is 0. The van der Waals surface area contributed by atoms with Crippen LogP contribution in [0.2, 0.25) is 0 Å². The molecule has 0 saturated heterocycles. The van der Waals surface area contributed by atoms with E-state index in [0.717, 1.165) is 110 Å². The quantitative estimate of drug-likeness (QED) is 0.0390. The van der Waals surface area contributed by atoms with E-state index in [1.165, 1.54) is 0 Å². The van der Waals surface area contributed by atoms with Crippen molar-refractivity contribution in [2.24, 2.45) is 0 Å². The number of aliphatic hydroxyl groups excluding tert-OH is 4. The first-order valence-electron chi connectivity index (χ1n) is 34.7. The molecular weight excluding hydrogens is 1170 g/mol. The summed E-state index contributed by atoms with van der Waals surface area (Å²) in [5, 5.41) is 53.7. The highest BCUT2D eigenvalue weighted by Crippen LogP contribution is 2.06. The van der Waals surface area contributed by atoms with Crippen molar-refractivity contribution in [2.45, 2.75) is 177 Å². The van der Waals surface area contributed by atoms with Gasteiger partial charge in [-0.1, -0.05) is 55.4 Å². The van der Waals surface area contributed by atoms with Gasteiger partial charge < -0.3 is 81.4 Å². The van der Waals surface area contributed by atoms with Gasteiger partial charge in [0, 0.05) is 156 Å². The van der Waals surface area contributed by atoms with Gasteiger partial charge in [-0.05, 0) is 110 Å². The monoisotopic (exact) mass is 1300 g/mol. The van der Waals surface area contributed by atoms with Gasteiger partial charge in [-0.15, -0.1) is 0 Å². The largest absolute Gasteiger partial charge is 0.466 e. The maximum absolute atomic E-state index is 12.1. The summed E-state index contributed by atoms with van der Waals surface area (Å²) >= 11 is 0. The Balaban J connectivity index is -0.00000130. The van der Waals surface area contributed by atoms with Crippen molar-refractivity contribution in [1.82, 2.24) is 61.3 Å². The zero-order valence-corrected chi connectivity index (χ0v) is 58.2. The van der Waals surface area contributed by atoms with Gasteiger partial charge in [0.2, 0.25) is 35.4 Å². The third kappa shape index (κ3) is 62.6. The van der Waals surface area contributed by atoms with Crippen LogP contribution in [0.5, 0.6) is 0 Å². The van der Waals surface area contributed by atoms with Crippen molar-refractivity contribution in [2.75, 3.05) is 197 Å². The second-order valence-corrected chi connectivity index (χ2v) is 22.5. The predicted molar refractivity (Wildman–Crippen MR) is 360 cm³/mol. The molecule has 0 heterocycles. The molecule has 0 spiro atoms. The zero-order valence-electron chi connectivity index (χ0n) is 58.2. The fourth-order valence-corrected chi connectivity index (χ4v) is 8.88. The normalized spacial score (nSPS) is 11.1. The van der Waals surface area contributed by atoms with E-state index in [9.17, 15) is 38.4 Å². The number of esters is 2. The van der Waals surface area contributed by atoms with Gasteiger partial charge in [-0.25, -0.2) is 0 Å². The first-order valence-corrected chi connectivity index (χ1v) is 34.7. The Kier molecular flexibility index (Phi) is 67.9. The average Bonchev–Trinajstić information content (AvgIpc) is 3.67. The zero-order chi connectivity index (χ0) is 68.4. The molecule has 0 radical (unpaired) electrons. The van der Waals surface area contributed by atoms with Crippen LogP contribution in [-0.4, -0.2) is 294 Å². The van der Waals surface area contributed by atoms with E-state index in [1.54, 1.807) is 0 Å². The fraction of sp³-hybridized carbons (Fsp3) is 0.877. The Morgan fingerprint density at radius 2 is 0.429 bits per heavy atom. The van der Waals surface area contributed by atoms with Crippen LogP contribution < -0.4 is 31.9 Å². The molecule has 26 nitrogen and oxygen atoms in total. The van der Waals surface area contributed by atoms with Gasteiger partial charge >= 0.3 is 11.9 Å². The molecule has 0 aromatic carbocycles. The van der Waals surface area contributed by atoms with Crippen LogP contribution in [0.4, 0.5) is 0 Å². The molecule has 536 valence electrons. The summed E-state index contributed by atoms with van der Waals surface area (Å²) in [5.41, 5.74) is 0. The minimum Gasteiger partial charge on any atom is -0.466 e. The number of hydrogen-bond donors (Lipinski definition) is 10. The van der Waals surface area contributed by atoms with Crippen molar-refractivity contribution < 1.29 is 68.3 Å². The van der Waals surface area contributed by atoms with Crippen molar-refractivity contribution in [1.29, 1.82) is 0 Å². The lowest BCUT2D eigenvalue weighted by Gasteiger charge is -2.25. The SMILES string of the molecule is CCCNC(=O)CCN(CCCN(CCC(=O)NCCC)CCC(=O)NCCC)CCC(=O)NCCC.CCCNC(=O)CCN(CCCN(CCO)CCO)CCC(=O)NCCC.CCCOC(=O)CCN(CCCN(CCO)CCO)CCC(=O)OCCC. The molecule has 0 saturated carbocycles. The highest BCUT2D eigenvalue weighted by Gasteiger charge is 2.17. The van der Waals surface area contributed by atoms with Crippen molar-refractivity contribution in [3.05, 3.63) is 0 Å². The number of carbonyl (C=O) groups excluding carboxylic acids is 8. The number of hydrogen-bond acceptors (Lipinski definition) is 20. The lowest BCUT2D eigenvalue weighted by molar-refractivity contribution is -0.144. The molecule has 91 heavy (non-hydrogen) atoms. The summed E-state index contributed by atoms with van der Waals surface area (Å²) < 4.78 is 10.2. The summed E-state index contributed by atoms with van der Waals surface area (Å²) in [4.78, 5) is 108. The van der Waals surface area contributed by atoms with Gasteiger partial charge in [-0.2, -0.15) is 0 Å². The number of amides is 6. The number of rotatable bonds is 60. The average molecular weight is 1310 g/mol. The van der Waals surface area contributed by atoms with Gasteiger partial charge in [0.1, 0.15) is 0 Å². The number of nitrogens with zero attached hydrogens (tertiary/aromatic N) is 6. The van der Waals surface area contributed by atoms with Crippen LogP contribution in [0.1, 0.15) is 177 Å². The summed E-state index contributed by atoms with van der Waals surface area (Å²) in [6.45, 7) is 32.5. The molecule has 0 rings (SSSR count). The molecule has 0 atom stereocenters. The second-order valence-electron chi connectivity index (χ2n) is 22.5. The van der Waals surface area contributed by atoms with Gasteiger partial charge in [0.25, 0.3) is 0 Å². The molecule has 26 heteroatoms. The van der Waals surface area contributed by atoms with Crippen LogP contribution >= 0.6 is 0 Å². The third-order valence-corrected chi connectivity index (χ3v) is 14.1. The van der Waals surface area contributed by atoms with E-state index in [1.807, 2.05) is 65.2 Å². The van der Waals surface area contributed by atoms with Crippen molar-refractivity contribution >= 4 is 47.4 Å². The van der Waals surface area contributed by atoms with Crippen molar-refractivity contribution in [3.8, 4) is 0 Å². The molecule has 0 unspecified atom stereocenters. The van der Waals surface area contributed by atoms with Crippen LogP contribution in [0.15, 0.2) is 0 Å². The van der Waals surface area contributed by atoms with Crippen molar-refractivity contribution in [3.63, 3.8) is 0 Å². The number of nitrogens with one attached hydrogen (secondary N) is 6. The van der Waals surface area contributed by atoms with Gasteiger partial charge in [0.15, 0.2) is 0 Å². The summed E-state index contributed by atoms with van der Waals surface area (Å²) in [6.07, 6.45) is 12.5. The lowest BCUT2D eigenvalue weighted by atomic mass is 10.2. The maximum Gasteiger partial charge on any atom is 0.307 e. The Labute approximate surface area is 549 Å². The highest BCUT2D eigenvalue weighted by molar-refractivity contribution is 5.78. The minimum atomic E-state index is -0.224. The Morgan fingerprint density at radius 1 is 0.253 bits per heavy atom. The van der Waals surface area contributed by atoms with E-state index < -0.39 is 0 Å². The smallest absolute Gasteiger partial charge is 0.307 e. The molecule has 0 aliphatic carbocycles. The van der Waals surface area contributed by atoms with Gasteiger partial charge in [-0.3, -0.25) is 48.2 Å². The summed E-state index contributed by atoms with van der Waals surface area (Å²) in [5.74, 6) is -0.255. The van der Waals surface area contributed by atoms with Crippen LogP contribution in [0, 0.1) is 0 Å². The molecular formula is C65H132N12O14. The Morgan fingerprint density at radius 3 is 0.593 bits per heavy atom. The molecule has 0 fully saturated rings. The van der Waals surface area contributed by atoms with Crippen LogP contribution in [0.25, 0.3) is 0 Å². The van der Waals surface area contributed by atoms with E-state index in [-0.39, 0.29) is 73.8 Å². The van der Waals surface area contributed by atoms with Crippen LogP contribution in [0.3, 0.4) is 0 Å². The standard InChI is InChI=1S/C27H54N6O4.C19H40N4O4.C19H38N2O6/c1-5-14-28-24(34)10-20-32(21-11-25(35)29-15-6-2)18-9-19-33(22-12-26(36)30-16-7-3)23-13-27(37)31-17-8-4;1-3-8-20-18(26)6-12-22(13-7-19(27)21-9-4-2)10-5-11-23(14-16-24)15-17-25;1-3-16-26-18(24)6-10-20(11-7-19(25)27-17-4-2)8-5-9-21(12-14-22)13-15-23/h5-23H2,1-4H3,(H,28,34)(H,29,35)(H,30,36)(H,31,37);24-25H,3-17H2,1-2H3,(H,20,26)(H,21,27);22-23H,3-17H2,1-2H3. The number of aliphatic hydroxyl groups is 4. The van der Waals surface area contributed by atoms with E-state index in [0.29, 0.717) is 182 Å². The van der Waals surface area contributed by atoms with Gasteiger partial charge in [0.05, 0.1) is 52.5 Å². The van der Waals surface area contributed by atoms with Crippen LogP contribution in [-0.2, 0) is 47.8 Å². The Bertz CT molecular complexity index is 1550. The minimum absolute atomic E-state index is 0.0279. The maximum atomic E-state index is 12.1. The first-order chi connectivity index (χ1) is 44.0. The molecule has 0 bridgehead atoms. The van der Waals surface area contributed by atoms with E-state index >= 15 is 0 Å². The molecule has 0 aliphatic rings. The lowest BCUT2D eigenvalue weighted by Crippen LogP contribution is -2.38. The molecule has 0 aliphatic heterocycles. The second kappa shape index (κ2) is 68.2. The first kappa shape index (κ1) is 90.6. The highest BCUT2D eigenvalue weighted by atomic mass is 16.5. The topological polar surface area (TPSA) is 328 Å². The number of ether oxygens (including phenoxy) is 2. The molecule has 10 N–H and O–H groups in total. The molecule has 0 aromatic heterocycles. The Hall–Kier alpha value is -4.64. The molecule has 6 amide bonds.